The molecule has 3 rings (SSSR count). The van der Waals surface area contributed by atoms with E-state index in [0.29, 0.717) is 18.1 Å². The van der Waals surface area contributed by atoms with Crippen molar-refractivity contribution in [3.05, 3.63) is 72.3 Å². The van der Waals surface area contributed by atoms with Gasteiger partial charge in [-0.3, -0.25) is 10.1 Å². The first kappa shape index (κ1) is 18.9. The Bertz CT molecular complexity index is 947. The van der Waals surface area contributed by atoms with Gasteiger partial charge in [-0.05, 0) is 53.9 Å². The van der Waals surface area contributed by atoms with Gasteiger partial charge in [0.05, 0.1) is 6.61 Å². The number of anilines is 1. The molecule has 3 aromatic carbocycles. The second kappa shape index (κ2) is 8.64. The van der Waals surface area contributed by atoms with Gasteiger partial charge in [0.25, 0.3) is 5.91 Å². The smallest absolute Gasteiger partial charge is 0.257 e. The Balaban J connectivity index is 1.62. The van der Waals surface area contributed by atoms with E-state index in [1.165, 1.54) is 0 Å². The topological polar surface area (TPSA) is 50.4 Å². The number of rotatable bonds is 5. The Hall–Kier alpha value is -2.92. The summed E-state index contributed by atoms with van der Waals surface area (Å²) >= 11 is 5.30. The van der Waals surface area contributed by atoms with E-state index in [0.717, 1.165) is 22.2 Å². The molecular formula is C22H22N2O2S. The fraction of sp³-hybridized carbons (Fsp3) is 0.182. The number of hydrogen-bond donors (Lipinski definition) is 2. The van der Waals surface area contributed by atoms with E-state index in [9.17, 15) is 4.79 Å². The first-order valence-corrected chi connectivity index (χ1v) is 9.26. The number of nitrogens with one attached hydrogen (secondary N) is 2. The van der Waals surface area contributed by atoms with Crippen molar-refractivity contribution in [3.63, 3.8) is 0 Å². The number of fused-ring (bicyclic) bond motifs is 1. The molecule has 27 heavy (non-hydrogen) atoms. The van der Waals surface area contributed by atoms with Gasteiger partial charge in [-0.2, -0.15) is 0 Å². The molecule has 0 unspecified atom stereocenters. The standard InChI is InChI=1S/C22H22N2O2S/c1-15(2)14-26-18-12-10-17(11-13-18)21(25)24-22(27)23-20-9-5-7-16-6-3-4-8-19(16)20/h3-13,15H,14H2,1-2H3,(H2,23,24,25,27). The van der Waals surface area contributed by atoms with E-state index >= 15 is 0 Å². The summed E-state index contributed by atoms with van der Waals surface area (Å²) in [6.07, 6.45) is 0. The van der Waals surface area contributed by atoms with Crippen molar-refractivity contribution in [3.8, 4) is 5.75 Å². The van der Waals surface area contributed by atoms with Gasteiger partial charge in [-0.1, -0.05) is 50.2 Å². The lowest BCUT2D eigenvalue weighted by Gasteiger charge is -2.12. The highest BCUT2D eigenvalue weighted by molar-refractivity contribution is 7.80. The SMILES string of the molecule is CC(C)COc1ccc(C(=O)NC(=S)Nc2cccc3ccccc23)cc1. The van der Waals surface area contributed by atoms with Gasteiger partial charge in [0.1, 0.15) is 5.75 Å². The zero-order valence-electron chi connectivity index (χ0n) is 15.4. The van der Waals surface area contributed by atoms with Crippen molar-refractivity contribution >= 4 is 39.7 Å². The van der Waals surface area contributed by atoms with Crippen molar-refractivity contribution in [1.29, 1.82) is 0 Å². The minimum atomic E-state index is -0.261. The highest BCUT2D eigenvalue weighted by atomic mass is 32.1. The molecule has 0 atom stereocenters. The van der Waals surface area contributed by atoms with Gasteiger partial charge in [0, 0.05) is 16.6 Å². The quantitative estimate of drug-likeness (QED) is 0.613. The van der Waals surface area contributed by atoms with Crippen LogP contribution in [0.3, 0.4) is 0 Å². The first-order valence-electron chi connectivity index (χ1n) is 8.86. The second-order valence-electron chi connectivity index (χ2n) is 6.66. The highest BCUT2D eigenvalue weighted by Gasteiger charge is 2.09. The van der Waals surface area contributed by atoms with Crippen LogP contribution >= 0.6 is 12.2 Å². The Morgan fingerprint density at radius 1 is 1.00 bits per heavy atom. The normalized spacial score (nSPS) is 10.6. The molecule has 0 heterocycles. The Morgan fingerprint density at radius 2 is 1.70 bits per heavy atom. The third-order valence-electron chi connectivity index (χ3n) is 3.96. The van der Waals surface area contributed by atoms with E-state index in [-0.39, 0.29) is 11.0 Å². The average molecular weight is 378 g/mol. The largest absolute Gasteiger partial charge is 0.493 e. The predicted molar refractivity (Wildman–Crippen MR) is 114 cm³/mol. The van der Waals surface area contributed by atoms with E-state index in [4.69, 9.17) is 17.0 Å². The van der Waals surface area contributed by atoms with Crippen LogP contribution in [0, 0.1) is 5.92 Å². The molecule has 3 aromatic rings. The van der Waals surface area contributed by atoms with Gasteiger partial charge < -0.3 is 10.1 Å². The highest BCUT2D eigenvalue weighted by Crippen LogP contribution is 2.22. The fourth-order valence-electron chi connectivity index (χ4n) is 2.63. The van der Waals surface area contributed by atoms with Crippen LogP contribution in [0.15, 0.2) is 66.7 Å². The summed E-state index contributed by atoms with van der Waals surface area (Å²) in [5, 5.41) is 8.23. The molecule has 0 spiro atoms. The number of hydrogen-bond acceptors (Lipinski definition) is 3. The second-order valence-corrected chi connectivity index (χ2v) is 7.07. The molecule has 5 heteroatoms. The van der Waals surface area contributed by atoms with Crippen molar-refractivity contribution < 1.29 is 9.53 Å². The van der Waals surface area contributed by atoms with Gasteiger partial charge in [0.15, 0.2) is 5.11 Å². The molecule has 0 radical (unpaired) electrons. The first-order chi connectivity index (χ1) is 13.0. The molecule has 1 amide bonds. The third-order valence-corrected chi connectivity index (χ3v) is 4.17. The van der Waals surface area contributed by atoms with Crippen LogP contribution in [-0.4, -0.2) is 17.6 Å². The van der Waals surface area contributed by atoms with E-state index < -0.39 is 0 Å². The van der Waals surface area contributed by atoms with Crippen LogP contribution in [0.1, 0.15) is 24.2 Å². The number of carbonyl (C=O) groups excluding carboxylic acids is 1. The molecule has 0 saturated heterocycles. The van der Waals surface area contributed by atoms with Crippen LogP contribution in [0.25, 0.3) is 10.8 Å². The fourth-order valence-corrected chi connectivity index (χ4v) is 2.83. The molecular weight excluding hydrogens is 356 g/mol. The number of amides is 1. The van der Waals surface area contributed by atoms with Crippen LogP contribution in [0.2, 0.25) is 0 Å². The predicted octanol–water partition coefficient (Wildman–Crippen LogP) is 5.00. The lowest BCUT2D eigenvalue weighted by atomic mass is 10.1. The lowest BCUT2D eigenvalue weighted by Crippen LogP contribution is -2.34. The third kappa shape index (κ3) is 5.05. The van der Waals surface area contributed by atoms with Gasteiger partial charge in [0.2, 0.25) is 0 Å². The van der Waals surface area contributed by atoms with Crippen LogP contribution in [0.5, 0.6) is 5.75 Å². The molecule has 0 aliphatic carbocycles. The zero-order valence-corrected chi connectivity index (χ0v) is 16.2. The summed E-state index contributed by atoms with van der Waals surface area (Å²) in [6, 6.07) is 21.0. The monoisotopic (exact) mass is 378 g/mol. The number of ether oxygens (including phenoxy) is 1. The van der Waals surface area contributed by atoms with Gasteiger partial charge in [-0.25, -0.2) is 0 Å². The molecule has 138 valence electrons. The Labute approximate surface area is 164 Å². The molecule has 2 N–H and O–H groups in total. The average Bonchev–Trinajstić information content (AvgIpc) is 2.67. The maximum atomic E-state index is 12.4. The molecule has 0 aliphatic heterocycles. The molecule has 4 nitrogen and oxygen atoms in total. The summed E-state index contributed by atoms with van der Waals surface area (Å²) in [4.78, 5) is 12.4. The Morgan fingerprint density at radius 3 is 2.44 bits per heavy atom. The van der Waals surface area contributed by atoms with Crippen LogP contribution < -0.4 is 15.4 Å². The number of benzene rings is 3. The molecule has 0 fully saturated rings. The molecule has 0 bridgehead atoms. The summed E-state index contributed by atoms with van der Waals surface area (Å²) in [5.74, 6) is 0.936. The van der Waals surface area contributed by atoms with Crippen molar-refractivity contribution in [2.24, 2.45) is 5.92 Å². The van der Waals surface area contributed by atoms with E-state index in [2.05, 4.69) is 24.5 Å². The minimum absolute atomic E-state index is 0.261. The van der Waals surface area contributed by atoms with Crippen LogP contribution in [0.4, 0.5) is 5.69 Å². The van der Waals surface area contributed by atoms with E-state index in [1.807, 2.05) is 42.5 Å². The number of thiocarbonyl (C=S) groups is 1. The van der Waals surface area contributed by atoms with Crippen molar-refractivity contribution in [2.75, 3.05) is 11.9 Å². The molecule has 0 saturated carbocycles. The lowest BCUT2D eigenvalue weighted by molar-refractivity contribution is 0.0977. The maximum absolute atomic E-state index is 12.4. The molecule has 0 aliphatic rings. The van der Waals surface area contributed by atoms with Crippen molar-refractivity contribution in [1.82, 2.24) is 5.32 Å². The van der Waals surface area contributed by atoms with Gasteiger partial charge in [-0.15, -0.1) is 0 Å². The summed E-state index contributed by atoms with van der Waals surface area (Å²) in [7, 11) is 0. The van der Waals surface area contributed by atoms with E-state index in [1.54, 1.807) is 24.3 Å². The van der Waals surface area contributed by atoms with Crippen LogP contribution in [-0.2, 0) is 0 Å². The summed E-state index contributed by atoms with van der Waals surface area (Å²) < 4.78 is 5.63. The maximum Gasteiger partial charge on any atom is 0.257 e. The Kier molecular flexibility index (Phi) is 6.04. The summed E-state index contributed by atoms with van der Waals surface area (Å²) in [5.41, 5.74) is 1.38. The zero-order chi connectivity index (χ0) is 19.2. The minimum Gasteiger partial charge on any atom is -0.493 e. The van der Waals surface area contributed by atoms with Gasteiger partial charge >= 0.3 is 0 Å². The summed E-state index contributed by atoms with van der Waals surface area (Å²) in [6.45, 7) is 4.82. The molecule has 0 aromatic heterocycles. The number of carbonyl (C=O) groups is 1. The van der Waals surface area contributed by atoms with Crippen molar-refractivity contribution in [2.45, 2.75) is 13.8 Å².